The second kappa shape index (κ2) is 12.2. The summed E-state index contributed by atoms with van der Waals surface area (Å²) >= 11 is 0. The number of nitrogens with one attached hydrogen (secondary N) is 2. The molecule has 1 unspecified atom stereocenters. The lowest BCUT2D eigenvalue weighted by molar-refractivity contribution is -0.129. The summed E-state index contributed by atoms with van der Waals surface area (Å²) in [6.07, 6.45) is 4.52. The maximum atomic E-state index is 13.2. The number of rotatable bonds is 8. The zero-order valence-corrected chi connectivity index (χ0v) is 20.9. The van der Waals surface area contributed by atoms with E-state index in [1.807, 2.05) is 37.3 Å². The van der Waals surface area contributed by atoms with Crippen molar-refractivity contribution < 1.29 is 19.2 Å². The van der Waals surface area contributed by atoms with Crippen molar-refractivity contribution in [2.24, 2.45) is 0 Å². The van der Waals surface area contributed by atoms with Crippen LogP contribution in [0.1, 0.15) is 60.0 Å². The lowest BCUT2D eigenvalue weighted by Gasteiger charge is -2.22. The summed E-state index contributed by atoms with van der Waals surface area (Å²) in [5.74, 6) is -1.41. The van der Waals surface area contributed by atoms with Gasteiger partial charge in [-0.2, -0.15) is 0 Å². The Morgan fingerprint density at radius 2 is 1.86 bits per heavy atom. The predicted molar refractivity (Wildman–Crippen MR) is 139 cm³/mol. The number of amides is 3. The molecule has 192 valence electrons. The lowest BCUT2D eigenvalue weighted by Crippen LogP contribution is -2.52. The molecule has 2 atom stereocenters. The number of carbonyl (C=O) groups excluding carboxylic acids is 4. The van der Waals surface area contributed by atoms with E-state index < -0.39 is 23.9 Å². The van der Waals surface area contributed by atoms with Gasteiger partial charge in [-0.1, -0.05) is 50.1 Å². The van der Waals surface area contributed by atoms with E-state index in [9.17, 15) is 19.2 Å². The van der Waals surface area contributed by atoms with Crippen LogP contribution in [0.5, 0.6) is 0 Å². The van der Waals surface area contributed by atoms with E-state index in [1.54, 1.807) is 24.3 Å². The molecule has 4 rings (SSSR count). The third-order valence-corrected chi connectivity index (χ3v) is 6.44. The molecule has 1 aromatic carbocycles. The van der Waals surface area contributed by atoms with Gasteiger partial charge in [0.05, 0.1) is 18.1 Å². The third-order valence-electron chi connectivity index (χ3n) is 6.44. The van der Waals surface area contributed by atoms with E-state index in [-0.39, 0.29) is 29.6 Å². The van der Waals surface area contributed by atoms with E-state index in [0.717, 1.165) is 18.2 Å². The van der Waals surface area contributed by atoms with Crippen LogP contribution in [0, 0.1) is 0 Å². The SMILES string of the molecule is CCCC[C@H](NC(=O)c1ccc2ccccc2n1)C(=O)NC1CCCN(C(=O)c2ccccn2)CC1=O. The van der Waals surface area contributed by atoms with E-state index in [1.165, 1.54) is 11.1 Å². The number of hydrogen-bond acceptors (Lipinski definition) is 6. The molecule has 9 nitrogen and oxygen atoms in total. The number of ketones is 1. The number of benzene rings is 1. The quantitative estimate of drug-likeness (QED) is 0.490. The van der Waals surface area contributed by atoms with E-state index in [4.69, 9.17) is 0 Å². The highest BCUT2D eigenvalue weighted by atomic mass is 16.2. The Labute approximate surface area is 215 Å². The highest BCUT2D eigenvalue weighted by Crippen LogP contribution is 2.14. The molecule has 0 bridgehead atoms. The number of Topliss-reactive ketones (excluding diaryl/α,β-unsaturated/α-hetero) is 1. The summed E-state index contributed by atoms with van der Waals surface area (Å²) in [5, 5.41) is 6.55. The van der Waals surface area contributed by atoms with E-state index >= 15 is 0 Å². The van der Waals surface area contributed by atoms with Crippen molar-refractivity contribution in [3.05, 3.63) is 72.2 Å². The van der Waals surface area contributed by atoms with Crippen LogP contribution in [0.15, 0.2) is 60.8 Å². The molecule has 1 aliphatic heterocycles. The summed E-state index contributed by atoms with van der Waals surface area (Å²) in [4.78, 5) is 61.9. The van der Waals surface area contributed by atoms with Gasteiger partial charge in [0.15, 0.2) is 5.78 Å². The van der Waals surface area contributed by atoms with Crippen molar-refractivity contribution in [3.8, 4) is 0 Å². The van der Waals surface area contributed by atoms with Gasteiger partial charge in [-0.05, 0) is 43.5 Å². The monoisotopic (exact) mass is 501 g/mol. The standard InChI is InChI=1S/C28H31N5O4/c1-2-3-10-22(32-27(36)23-15-14-19-9-4-5-11-20(19)30-23)26(35)31-21-13-8-17-33(18-25(21)34)28(37)24-12-6-7-16-29-24/h4-7,9,11-12,14-16,21-22H,2-3,8,10,13,17-18H2,1H3,(H,31,35)(H,32,36)/t21?,22-/m0/s1. The fraction of sp³-hybridized carbons (Fsp3) is 0.357. The first-order valence-electron chi connectivity index (χ1n) is 12.7. The van der Waals surface area contributed by atoms with Crippen LogP contribution >= 0.6 is 0 Å². The van der Waals surface area contributed by atoms with Gasteiger partial charge in [0.25, 0.3) is 11.8 Å². The third kappa shape index (κ3) is 6.55. The average molecular weight is 502 g/mol. The van der Waals surface area contributed by atoms with Gasteiger partial charge in [-0.3, -0.25) is 24.2 Å². The van der Waals surface area contributed by atoms with Crippen molar-refractivity contribution in [2.75, 3.05) is 13.1 Å². The molecule has 0 aliphatic carbocycles. The van der Waals surface area contributed by atoms with Crippen molar-refractivity contribution in [3.63, 3.8) is 0 Å². The van der Waals surface area contributed by atoms with Crippen LogP contribution in [-0.2, 0) is 9.59 Å². The largest absolute Gasteiger partial charge is 0.344 e. The van der Waals surface area contributed by atoms with Crippen LogP contribution in [0.25, 0.3) is 10.9 Å². The molecule has 0 saturated carbocycles. The highest BCUT2D eigenvalue weighted by molar-refractivity contribution is 6.00. The van der Waals surface area contributed by atoms with Crippen LogP contribution in [-0.4, -0.2) is 63.5 Å². The molecule has 2 aromatic heterocycles. The number of carbonyl (C=O) groups is 4. The molecule has 0 spiro atoms. The Morgan fingerprint density at radius 3 is 2.65 bits per heavy atom. The number of fused-ring (bicyclic) bond motifs is 1. The van der Waals surface area contributed by atoms with Crippen molar-refractivity contribution >= 4 is 34.4 Å². The highest BCUT2D eigenvalue weighted by Gasteiger charge is 2.31. The molecule has 1 aliphatic rings. The average Bonchev–Trinajstić information content (AvgIpc) is 3.11. The molecule has 37 heavy (non-hydrogen) atoms. The van der Waals surface area contributed by atoms with Crippen molar-refractivity contribution in [1.29, 1.82) is 0 Å². The molecule has 2 N–H and O–H groups in total. The summed E-state index contributed by atoms with van der Waals surface area (Å²) in [6.45, 7) is 2.30. The second-order valence-corrected chi connectivity index (χ2v) is 9.17. The molecular weight excluding hydrogens is 470 g/mol. The second-order valence-electron chi connectivity index (χ2n) is 9.17. The fourth-order valence-electron chi connectivity index (χ4n) is 4.38. The van der Waals surface area contributed by atoms with Gasteiger partial charge < -0.3 is 15.5 Å². The van der Waals surface area contributed by atoms with E-state index in [0.29, 0.717) is 31.3 Å². The zero-order chi connectivity index (χ0) is 26.2. The first kappa shape index (κ1) is 25.9. The molecule has 3 aromatic rings. The minimum Gasteiger partial charge on any atom is -0.344 e. The summed E-state index contributed by atoms with van der Waals surface area (Å²) in [5.41, 5.74) is 1.20. The normalized spacial score (nSPS) is 16.6. The summed E-state index contributed by atoms with van der Waals surface area (Å²) < 4.78 is 0. The lowest BCUT2D eigenvalue weighted by atomic mass is 10.1. The van der Waals surface area contributed by atoms with E-state index in [2.05, 4.69) is 20.6 Å². The van der Waals surface area contributed by atoms with Crippen molar-refractivity contribution in [2.45, 2.75) is 51.1 Å². The number of unbranched alkanes of at least 4 members (excludes halogenated alkanes) is 1. The number of likely N-dealkylation sites (tertiary alicyclic amines) is 1. The first-order valence-corrected chi connectivity index (χ1v) is 12.7. The molecule has 1 saturated heterocycles. The van der Waals surface area contributed by atoms with Crippen molar-refractivity contribution in [1.82, 2.24) is 25.5 Å². The molecule has 3 amide bonds. The Bertz CT molecular complexity index is 1280. The van der Waals surface area contributed by atoms with Crippen LogP contribution in [0.2, 0.25) is 0 Å². The van der Waals surface area contributed by atoms with Crippen LogP contribution in [0.3, 0.4) is 0 Å². The molecule has 3 heterocycles. The number of nitrogens with zero attached hydrogens (tertiary/aromatic N) is 3. The Morgan fingerprint density at radius 1 is 1.05 bits per heavy atom. The van der Waals surface area contributed by atoms with Gasteiger partial charge in [-0.15, -0.1) is 0 Å². The Kier molecular flexibility index (Phi) is 8.56. The predicted octanol–water partition coefficient (Wildman–Crippen LogP) is 2.91. The first-order chi connectivity index (χ1) is 18.0. The van der Waals surface area contributed by atoms with Gasteiger partial charge >= 0.3 is 0 Å². The minimum absolute atomic E-state index is 0.104. The zero-order valence-electron chi connectivity index (χ0n) is 20.9. The molecule has 0 radical (unpaired) electrons. The smallest absolute Gasteiger partial charge is 0.272 e. The molecular formula is C28H31N5O4. The summed E-state index contributed by atoms with van der Waals surface area (Å²) in [6, 6.07) is 14.5. The number of para-hydroxylation sites is 1. The van der Waals surface area contributed by atoms with Crippen LogP contribution in [0.4, 0.5) is 0 Å². The van der Waals surface area contributed by atoms with Gasteiger partial charge in [-0.25, -0.2) is 4.98 Å². The fourth-order valence-corrected chi connectivity index (χ4v) is 4.38. The summed E-state index contributed by atoms with van der Waals surface area (Å²) in [7, 11) is 0. The topological polar surface area (TPSA) is 121 Å². The minimum atomic E-state index is -0.803. The Balaban J connectivity index is 1.41. The van der Waals surface area contributed by atoms with Gasteiger partial charge in [0.2, 0.25) is 5.91 Å². The number of hydrogen-bond donors (Lipinski definition) is 2. The number of pyridine rings is 2. The molecule has 1 fully saturated rings. The maximum absolute atomic E-state index is 13.2. The van der Waals surface area contributed by atoms with Gasteiger partial charge in [0, 0.05) is 18.1 Å². The Hall–Kier alpha value is -4.14. The maximum Gasteiger partial charge on any atom is 0.272 e. The van der Waals surface area contributed by atoms with Gasteiger partial charge in [0.1, 0.15) is 17.4 Å². The number of aromatic nitrogens is 2. The van der Waals surface area contributed by atoms with Crippen LogP contribution < -0.4 is 10.6 Å². The molecule has 9 heteroatoms.